The van der Waals surface area contributed by atoms with E-state index in [-0.39, 0.29) is 10.7 Å². The van der Waals surface area contributed by atoms with Gasteiger partial charge in [-0.3, -0.25) is 0 Å². The van der Waals surface area contributed by atoms with E-state index in [9.17, 15) is 8.42 Å². The molecule has 1 aliphatic rings. The summed E-state index contributed by atoms with van der Waals surface area (Å²) in [6.45, 7) is 5.63. The van der Waals surface area contributed by atoms with Gasteiger partial charge in [0.05, 0.1) is 5.25 Å². The Hall–Kier alpha value is -0.350. The molecule has 0 unspecified atom stereocenters. The molecule has 0 aromatic heterocycles. The molecule has 0 heterocycles. The largest absolute Gasteiger partial charge is 0.228 e. The van der Waals surface area contributed by atoms with Crippen LogP contribution in [0.3, 0.4) is 0 Å². The van der Waals surface area contributed by atoms with Gasteiger partial charge in [0.2, 0.25) is 10.0 Å². The number of nitrogens with two attached hydrogens (primary N) is 1. The first-order chi connectivity index (χ1) is 5.90. The lowest BCUT2D eigenvalue weighted by Gasteiger charge is -2.28. The SMILES string of the molecule is C=CC[C@]1(C)CCC[C@@H]1S(N)(=O)=O. The zero-order valence-corrected chi connectivity index (χ0v) is 8.81. The molecule has 3 nitrogen and oxygen atoms in total. The molecule has 0 aliphatic heterocycles. The molecule has 4 heteroatoms. The summed E-state index contributed by atoms with van der Waals surface area (Å²) in [5.41, 5.74) is -0.185. The van der Waals surface area contributed by atoms with Gasteiger partial charge in [0.1, 0.15) is 0 Å². The molecular formula is C9H17NO2S. The van der Waals surface area contributed by atoms with Gasteiger partial charge in [-0.15, -0.1) is 6.58 Å². The highest BCUT2D eigenvalue weighted by atomic mass is 32.2. The zero-order chi connectivity index (χ0) is 10.1. The first kappa shape index (κ1) is 10.7. The van der Waals surface area contributed by atoms with Crippen molar-refractivity contribution in [2.45, 2.75) is 37.9 Å². The van der Waals surface area contributed by atoms with Crippen molar-refractivity contribution in [2.24, 2.45) is 10.6 Å². The second kappa shape index (κ2) is 3.42. The summed E-state index contributed by atoms with van der Waals surface area (Å²) < 4.78 is 22.5. The van der Waals surface area contributed by atoms with Crippen molar-refractivity contribution in [1.82, 2.24) is 0 Å². The Labute approximate surface area is 80.1 Å². The molecule has 1 saturated carbocycles. The van der Waals surface area contributed by atoms with Gasteiger partial charge in [-0.1, -0.05) is 19.4 Å². The summed E-state index contributed by atoms with van der Waals surface area (Å²) in [7, 11) is -3.38. The van der Waals surface area contributed by atoms with E-state index in [0.717, 1.165) is 19.3 Å². The van der Waals surface area contributed by atoms with Crippen LogP contribution in [0.5, 0.6) is 0 Å². The zero-order valence-electron chi connectivity index (χ0n) is 7.99. The van der Waals surface area contributed by atoms with Crippen molar-refractivity contribution in [3.63, 3.8) is 0 Å². The molecule has 2 atom stereocenters. The quantitative estimate of drug-likeness (QED) is 0.705. The molecule has 0 amide bonds. The first-order valence-corrected chi connectivity index (χ1v) is 6.13. The predicted octanol–water partition coefficient (Wildman–Crippen LogP) is 1.41. The van der Waals surface area contributed by atoms with Crippen molar-refractivity contribution < 1.29 is 8.42 Å². The van der Waals surface area contributed by atoms with Gasteiger partial charge in [-0.25, -0.2) is 13.6 Å². The molecule has 1 fully saturated rings. The average molecular weight is 203 g/mol. The van der Waals surface area contributed by atoms with E-state index >= 15 is 0 Å². The lowest BCUT2D eigenvalue weighted by atomic mass is 9.85. The maximum absolute atomic E-state index is 11.3. The Kier molecular flexibility index (Phi) is 2.82. The fourth-order valence-corrected chi connectivity index (χ4v) is 3.83. The minimum Gasteiger partial charge on any atom is -0.228 e. The highest BCUT2D eigenvalue weighted by molar-refractivity contribution is 7.89. The smallest absolute Gasteiger partial charge is 0.212 e. The maximum atomic E-state index is 11.3. The first-order valence-electron chi connectivity index (χ1n) is 4.53. The summed E-state index contributed by atoms with van der Waals surface area (Å²) in [6.07, 6.45) is 5.09. The van der Waals surface area contributed by atoms with E-state index in [0.29, 0.717) is 6.42 Å². The summed E-state index contributed by atoms with van der Waals surface area (Å²) in [6, 6.07) is 0. The highest BCUT2D eigenvalue weighted by Crippen LogP contribution is 2.43. The Morgan fingerprint density at radius 3 is 2.77 bits per heavy atom. The second-order valence-corrected chi connectivity index (χ2v) is 5.86. The third kappa shape index (κ3) is 2.11. The van der Waals surface area contributed by atoms with Gasteiger partial charge in [-0.2, -0.15) is 0 Å². The van der Waals surface area contributed by atoms with Gasteiger partial charge in [0, 0.05) is 0 Å². The normalized spacial score (nSPS) is 34.8. The van der Waals surface area contributed by atoms with Gasteiger partial charge >= 0.3 is 0 Å². The third-order valence-electron chi connectivity index (χ3n) is 3.00. The fraction of sp³-hybridized carbons (Fsp3) is 0.778. The van der Waals surface area contributed by atoms with Crippen LogP contribution in [-0.2, 0) is 10.0 Å². The molecule has 0 saturated heterocycles. The molecule has 0 bridgehead atoms. The Bertz CT molecular complexity index is 297. The number of allylic oxidation sites excluding steroid dienone is 1. The van der Waals surface area contributed by atoms with Crippen molar-refractivity contribution in [2.75, 3.05) is 0 Å². The van der Waals surface area contributed by atoms with Crippen LogP contribution >= 0.6 is 0 Å². The molecule has 1 rings (SSSR count). The molecule has 2 N–H and O–H groups in total. The van der Waals surface area contributed by atoms with Crippen LogP contribution in [0.2, 0.25) is 0 Å². The lowest BCUT2D eigenvalue weighted by molar-refractivity contribution is 0.341. The summed E-state index contributed by atoms with van der Waals surface area (Å²) >= 11 is 0. The number of hydrogen-bond acceptors (Lipinski definition) is 2. The summed E-state index contributed by atoms with van der Waals surface area (Å²) in [5, 5.41) is 4.81. The van der Waals surface area contributed by atoms with Gasteiger partial charge in [0.15, 0.2) is 0 Å². The van der Waals surface area contributed by atoms with E-state index in [4.69, 9.17) is 5.14 Å². The molecular weight excluding hydrogens is 186 g/mol. The standard InChI is InChI=1S/C9H17NO2S/c1-3-6-9(2)7-4-5-8(9)13(10,11)12/h3,8H,1,4-7H2,2H3,(H2,10,11,12)/t8-,9+/m0/s1. The van der Waals surface area contributed by atoms with Crippen LogP contribution in [-0.4, -0.2) is 13.7 Å². The van der Waals surface area contributed by atoms with E-state index in [1.807, 2.05) is 6.92 Å². The van der Waals surface area contributed by atoms with Crippen LogP contribution in [0.25, 0.3) is 0 Å². The highest BCUT2D eigenvalue weighted by Gasteiger charge is 2.43. The summed E-state index contributed by atoms with van der Waals surface area (Å²) in [5.74, 6) is 0. The Morgan fingerprint density at radius 1 is 1.69 bits per heavy atom. The van der Waals surface area contributed by atoms with Crippen LogP contribution in [0.1, 0.15) is 32.6 Å². The van der Waals surface area contributed by atoms with E-state index in [1.165, 1.54) is 0 Å². The number of rotatable bonds is 3. The van der Waals surface area contributed by atoms with Gasteiger partial charge in [0.25, 0.3) is 0 Å². The minimum absolute atomic E-state index is 0.185. The Morgan fingerprint density at radius 2 is 2.31 bits per heavy atom. The van der Waals surface area contributed by atoms with Gasteiger partial charge in [-0.05, 0) is 24.7 Å². The van der Waals surface area contributed by atoms with Crippen molar-refractivity contribution in [1.29, 1.82) is 0 Å². The number of hydrogen-bond donors (Lipinski definition) is 1. The average Bonchev–Trinajstić information content (AvgIpc) is 2.30. The lowest BCUT2D eigenvalue weighted by Crippen LogP contribution is -2.38. The topological polar surface area (TPSA) is 60.2 Å². The number of sulfonamides is 1. The minimum atomic E-state index is -3.38. The molecule has 0 radical (unpaired) electrons. The Balaban J connectivity index is 2.92. The van der Waals surface area contributed by atoms with E-state index in [2.05, 4.69) is 6.58 Å². The molecule has 0 aromatic carbocycles. The predicted molar refractivity (Wildman–Crippen MR) is 53.7 cm³/mol. The van der Waals surface area contributed by atoms with Crippen molar-refractivity contribution >= 4 is 10.0 Å². The van der Waals surface area contributed by atoms with E-state index in [1.54, 1.807) is 6.08 Å². The van der Waals surface area contributed by atoms with Crippen LogP contribution < -0.4 is 5.14 Å². The van der Waals surface area contributed by atoms with Crippen LogP contribution in [0.4, 0.5) is 0 Å². The second-order valence-electron chi connectivity index (χ2n) is 4.12. The third-order valence-corrected chi connectivity index (χ3v) is 4.60. The van der Waals surface area contributed by atoms with Crippen LogP contribution in [0, 0.1) is 5.41 Å². The molecule has 76 valence electrons. The molecule has 1 aliphatic carbocycles. The maximum Gasteiger partial charge on any atom is 0.212 e. The fourth-order valence-electron chi connectivity index (χ4n) is 2.32. The van der Waals surface area contributed by atoms with Crippen LogP contribution in [0.15, 0.2) is 12.7 Å². The summed E-state index contributed by atoms with van der Waals surface area (Å²) in [4.78, 5) is 0. The monoisotopic (exact) mass is 203 g/mol. The van der Waals surface area contributed by atoms with Crippen molar-refractivity contribution in [3.8, 4) is 0 Å². The molecule has 0 aromatic rings. The van der Waals surface area contributed by atoms with Gasteiger partial charge < -0.3 is 0 Å². The number of primary sulfonamides is 1. The van der Waals surface area contributed by atoms with E-state index < -0.39 is 10.0 Å². The van der Waals surface area contributed by atoms with Crippen molar-refractivity contribution in [3.05, 3.63) is 12.7 Å². The molecule has 0 spiro atoms. The molecule has 13 heavy (non-hydrogen) atoms.